The molecule has 0 atom stereocenters. The van der Waals surface area contributed by atoms with E-state index >= 15 is 0 Å². The number of hydrogen-bond acceptors (Lipinski definition) is 0. The molecule has 0 aliphatic heterocycles. The Morgan fingerprint density at radius 3 is 1.42 bits per heavy atom. The lowest BCUT2D eigenvalue weighted by Gasteiger charge is -1.87. The molecule has 0 saturated heterocycles. The first-order valence-electron chi connectivity index (χ1n) is 2.72. The third kappa shape index (κ3) is 12.3. The first-order valence-corrected chi connectivity index (χ1v) is 4.33. The van der Waals surface area contributed by atoms with E-state index in [0.29, 0.717) is 0 Å². The molecule has 0 aromatic heterocycles. The fourth-order valence-electron chi connectivity index (χ4n) is 0.415. The molecule has 70 valence electrons. The Hall–Kier alpha value is -0.420. The predicted octanol–water partition coefficient (Wildman–Crippen LogP) is 4.67. The molecule has 0 aliphatic rings. The van der Waals surface area contributed by atoms with Crippen LogP contribution in [0.3, 0.4) is 0 Å². The van der Waals surface area contributed by atoms with E-state index in [1.165, 1.54) is 0 Å². The van der Waals surface area contributed by atoms with Crippen LogP contribution in [0.4, 0.5) is 15.5 Å². The van der Waals surface area contributed by atoms with Crippen LogP contribution in [0.2, 0.25) is 5.02 Å². The Kier molecular flexibility index (Phi) is 5.08. The van der Waals surface area contributed by atoms with Crippen molar-refractivity contribution in [1.82, 2.24) is 0 Å². The van der Waals surface area contributed by atoms with Crippen molar-refractivity contribution in [1.29, 1.82) is 0 Å². The molecular formula is C6H5ClF4S. The van der Waals surface area contributed by atoms with Crippen LogP contribution in [-0.2, 0) is 0 Å². The van der Waals surface area contributed by atoms with Crippen LogP contribution in [0.25, 0.3) is 0 Å². The smallest absolute Gasteiger partial charge is 0.0947 e. The van der Waals surface area contributed by atoms with Crippen LogP contribution in [0.1, 0.15) is 0 Å². The van der Waals surface area contributed by atoms with E-state index < -0.39 is 11.6 Å². The number of rotatable bonds is 0. The average Bonchev–Trinajstić information content (AvgIpc) is 1.85. The second-order valence-electron chi connectivity index (χ2n) is 1.65. The molecule has 0 spiro atoms. The van der Waals surface area contributed by atoms with E-state index in [1.807, 2.05) is 30.3 Å². The SMILES string of the molecule is Clc1ccccc1.FS(F)(F)F. The van der Waals surface area contributed by atoms with Gasteiger partial charge in [-0.05, 0) is 12.1 Å². The van der Waals surface area contributed by atoms with E-state index in [2.05, 4.69) is 0 Å². The number of halogens is 5. The lowest BCUT2D eigenvalue weighted by molar-refractivity contribution is 0.543. The van der Waals surface area contributed by atoms with Gasteiger partial charge < -0.3 is 0 Å². The molecular weight excluding hydrogens is 216 g/mol. The van der Waals surface area contributed by atoms with Crippen LogP contribution >= 0.6 is 23.2 Å². The molecule has 0 saturated carbocycles. The van der Waals surface area contributed by atoms with Gasteiger partial charge in [0.1, 0.15) is 0 Å². The summed E-state index contributed by atoms with van der Waals surface area (Å²) < 4.78 is 39.1. The molecule has 0 aliphatic carbocycles. The van der Waals surface area contributed by atoms with E-state index in [4.69, 9.17) is 11.6 Å². The first-order chi connectivity index (χ1) is 5.39. The highest BCUT2D eigenvalue weighted by Gasteiger charge is 2.16. The third-order valence-electron chi connectivity index (χ3n) is 0.733. The normalized spacial score (nSPS) is 11.4. The zero-order chi connectivity index (χ0) is 9.61. The Morgan fingerprint density at radius 2 is 1.25 bits per heavy atom. The summed E-state index contributed by atoms with van der Waals surface area (Å²) >= 11 is -0.627. The van der Waals surface area contributed by atoms with E-state index in [1.54, 1.807) is 0 Å². The van der Waals surface area contributed by atoms with Gasteiger partial charge in [0.2, 0.25) is 0 Å². The van der Waals surface area contributed by atoms with Crippen molar-refractivity contribution in [3.05, 3.63) is 35.4 Å². The molecule has 0 fully saturated rings. The molecule has 12 heavy (non-hydrogen) atoms. The van der Waals surface area contributed by atoms with Gasteiger partial charge in [-0.25, -0.2) is 0 Å². The van der Waals surface area contributed by atoms with Gasteiger partial charge in [0.15, 0.2) is 0 Å². The topological polar surface area (TPSA) is 0 Å². The summed E-state index contributed by atoms with van der Waals surface area (Å²) in [5.41, 5.74) is 0. The minimum Gasteiger partial charge on any atom is -0.0947 e. The van der Waals surface area contributed by atoms with Gasteiger partial charge in [-0.1, -0.05) is 45.3 Å². The molecule has 0 amide bonds. The highest BCUT2D eigenvalue weighted by molar-refractivity contribution is 8.16. The van der Waals surface area contributed by atoms with Crippen molar-refractivity contribution in [2.75, 3.05) is 0 Å². The second kappa shape index (κ2) is 5.27. The summed E-state index contributed by atoms with van der Waals surface area (Å²) in [6, 6.07) is 9.44. The van der Waals surface area contributed by atoms with Gasteiger partial charge in [-0.3, -0.25) is 0 Å². The minimum atomic E-state index is -6.17. The van der Waals surface area contributed by atoms with Gasteiger partial charge in [0.05, 0.1) is 0 Å². The molecule has 1 rings (SSSR count). The fraction of sp³-hybridized carbons (Fsp3) is 0. The lowest BCUT2D eigenvalue weighted by atomic mass is 10.4. The maximum Gasteiger partial charge on any atom is 0.379 e. The van der Waals surface area contributed by atoms with E-state index in [9.17, 15) is 15.5 Å². The Bertz CT molecular complexity index is 205. The van der Waals surface area contributed by atoms with Crippen molar-refractivity contribution < 1.29 is 15.5 Å². The summed E-state index contributed by atoms with van der Waals surface area (Å²) in [6.07, 6.45) is 0. The van der Waals surface area contributed by atoms with E-state index in [-0.39, 0.29) is 0 Å². The summed E-state index contributed by atoms with van der Waals surface area (Å²) in [4.78, 5) is 0. The minimum absolute atomic E-state index is 0.794. The molecule has 0 unspecified atom stereocenters. The van der Waals surface area contributed by atoms with Crippen molar-refractivity contribution >= 4 is 23.2 Å². The first kappa shape index (κ1) is 11.6. The Balaban J connectivity index is 0.000000217. The van der Waals surface area contributed by atoms with Crippen LogP contribution in [-0.4, -0.2) is 0 Å². The molecule has 0 nitrogen and oxygen atoms in total. The Morgan fingerprint density at radius 1 is 0.917 bits per heavy atom. The molecule has 6 heteroatoms. The van der Waals surface area contributed by atoms with Crippen LogP contribution in [0.15, 0.2) is 30.3 Å². The summed E-state index contributed by atoms with van der Waals surface area (Å²) in [5, 5.41) is 0.794. The van der Waals surface area contributed by atoms with Crippen molar-refractivity contribution in [2.45, 2.75) is 0 Å². The predicted molar refractivity (Wildman–Crippen MR) is 43.5 cm³/mol. The van der Waals surface area contributed by atoms with Gasteiger partial charge in [0.25, 0.3) is 0 Å². The fourth-order valence-corrected chi connectivity index (χ4v) is 0.560. The van der Waals surface area contributed by atoms with Gasteiger partial charge in [-0.2, -0.15) is 0 Å². The quantitative estimate of drug-likeness (QED) is 0.558. The third-order valence-corrected chi connectivity index (χ3v) is 0.985. The number of benzene rings is 1. The largest absolute Gasteiger partial charge is 0.379 e. The molecule has 0 heterocycles. The standard InChI is InChI=1S/C6H5Cl.F4S/c7-6-4-2-1-3-5-6;1-5(2,3)4/h1-5H;. The maximum absolute atomic E-state index is 9.77. The highest BCUT2D eigenvalue weighted by Crippen LogP contribution is 2.54. The van der Waals surface area contributed by atoms with Crippen LogP contribution in [0.5, 0.6) is 0 Å². The maximum atomic E-state index is 9.77. The van der Waals surface area contributed by atoms with Crippen molar-refractivity contribution in [2.24, 2.45) is 0 Å². The number of hydrogen-bond donors (Lipinski definition) is 0. The molecule has 0 radical (unpaired) electrons. The van der Waals surface area contributed by atoms with Crippen molar-refractivity contribution in [3.63, 3.8) is 0 Å². The summed E-state index contributed by atoms with van der Waals surface area (Å²) in [5.74, 6) is 0. The zero-order valence-corrected chi connectivity index (χ0v) is 7.26. The lowest BCUT2D eigenvalue weighted by Crippen LogP contribution is -1.55. The van der Waals surface area contributed by atoms with Crippen molar-refractivity contribution in [3.8, 4) is 0 Å². The monoisotopic (exact) mass is 220 g/mol. The van der Waals surface area contributed by atoms with Crippen LogP contribution < -0.4 is 0 Å². The zero-order valence-electron chi connectivity index (χ0n) is 5.68. The molecule has 0 bridgehead atoms. The Labute approximate surface area is 74.6 Å². The second-order valence-corrected chi connectivity index (χ2v) is 2.78. The van der Waals surface area contributed by atoms with Crippen LogP contribution in [0, 0.1) is 0 Å². The van der Waals surface area contributed by atoms with Gasteiger partial charge >= 0.3 is 11.6 Å². The molecule has 0 N–H and O–H groups in total. The summed E-state index contributed by atoms with van der Waals surface area (Å²) in [7, 11) is 0. The highest BCUT2D eigenvalue weighted by atomic mass is 35.5. The van der Waals surface area contributed by atoms with Gasteiger partial charge in [0, 0.05) is 5.02 Å². The molecule has 1 aromatic carbocycles. The average molecular weight is 221 g/mol. The van der Waals surface area contributed by atoms with E-state index in [0.717, 1.165) is 5.02 Å². The molecule has 1 aromatic rings. The van der Waals surface area contributed by atoms with Gasteiger partial charge in [-0.15, -0.1) is 0 Å². The summed E-state index contributed by atoms with van der Waals surface area (Å²) in [6.45, 7) is 0.